The van der Waals surface area contributed by atoms with Gasteiger partial charge in [-0.3, -0.25) is 9.52 Å². The second-order valence-electron chi connectivity index (χ2n) is 8.14. The molecule has 0 atom stereocenters. The van der Waals surface area contributed by atoms with Crippen molar-refractivity contribution in [2.24, 2.45) is 0 Å². The van der Waals surface area contributed by atoms with Crippen LogP contribution in [0.4, 0.5) is 11.4 Å². The molecule has 0 aliphatic carbocycles. The van der Waals surface area contributed by atoms with Crippen molar-refractivity contribution in [3.63, 3.8) is 0 Å². The maximum atomic E-state index is 12.8. The molecule has 180 valence electrons. The van der Waals surface area contributed by atoms with Crippen molar-refractivity contribution in [2.75, 3.05) is 24.3 Å². The summed E-state index contributed by atoms with van der Waals surface area (Å²) in [6.45, 7) is 4.29. The van der Waals surface area contributed by atoms with Crippen LogP contribution in [0.2, 0.25) is 0 Å². The van der Waals surface area contributed by atoms with Crippen molar-refractivity contribution in [2.45, 2.75) is 37.5 Å². The zero-order valence-electron chi connectivity index (χ0n) is 19.8. The van der Waals surface area contributed by atoms with Gasteiger partial charge in [-0.05, 0) is 59.9 Å². The van der Waals surface area contributed by atoms with E-state index in [9.17, 15) is 13.2 Å². The van der Waals surface area contributed by atoms with Gasteiger partial charge < -0.3 is 14.8 Å². The van der Waals surface area contributed by atoms with E-state index in [0.717, 1.165) is 5.56 Å². The van der Waals surface area contributed by atoms with E-state index in [0.29, 0.717) is 41.6 Å². The monoisotopic (exact) mass is 482 g/mol. The van der Waals surface area contributed by atoms with Crippen molar-refractivity contribution in [1.82, 2.24) is 0 Å². The van der Waals surface area contributed by atoms with Crippen molar-refractivity contribution in [3.8, 4) is 11.5 Å². The number of sulfonamides is 1. The van der Waals surface area contributed by atoms with Crippen LogP contribution in [-0.4, -0.2) is 28.5 Å². The summed E-state index contributed by atoms with van der Waals surface area (Å²) in [5, 5.41) is 2.81. The molecule has 0 fully saturated rings. The SMILES string of the molecule is COc1ccc(NS(=O)(=O)c2ccc(NC(=O)CCc3ccc(C(C)C)cc3)cc2)c(OC)c1. The molecule has 0 saturated heterocycles. The summed E-state index contributed by atoms with van der Waals surface area (Å²) in [5.74, 6) is 1.22. The number of anilines is 2. The molecular weight excluding hydrogens is 452 g/mol. The molecule has 0 aliphatic rings. The number of carbonyl (C=O) groups is 1. The van der Waals surface area contributed by atoms with Crippen LogP contribution in [-0.2, 0) is 21.2 Å². The van der Waals surface area contributed by atoms with Gasteiger partial charge in [-0.15, -0.1) is 0 Å². The summed E-state index contributed by atoms with van der Waals surface area (Å²) in [7, 11) is -0.884. The number of nitrogens with one attached hydrogen (secondary N) is 2. The summed E-state index contributed by atoms with van der Waals surface area (Å²) < 4.78 is 38.5. The first-order valence-corrected chi connectivity index (χ1v) is 12.4. The first-order chi connectivity index (χ1) is 16.2. The van der Waals surface area contributed by atoms with Gasteiger partial charge in [0.2, 0.25) is 5.91 Å². The molecule has 34 heavy (non-hydrogen) atoms. The van der Waals surface area contributed by atoms with E-state index in [-0.39, 0.29) is 10.8 Å². The second kappa shape index (κ2) is 11.1. The number of carbonyl (C=O) groups excluding carboxylic acids is 1. The lowest BCUT2D eigenvalue weighted by atomic mass is 10.0. The maximum Gasteiger partial charge on any atom is 0.262 e. The third-order valence-corrected chi connectivity index (χ3v) is 6.77. The van der Waals surface area contributed by atoms with Crippen LogP contribution in [0.5, 0.6) is 11.5 Å². The lowest BCUT2D eigenvalue weighted by molar-refractivity contribution is -0.116. The Morgan fingerprint density at radius 2 is 1.59 bits per heavy atom. The Morgan fingerprint density at radius 3 is 2.18 bits per heavy atom. The summed E-state index contributed by atoms with van der Waals surface area (Å²) in [6, 6.07) is 19.1. The molecule has 0 aromatic heterocycles. The number of ether oxygens (including phenoxy) is 2. The third kappa shape index (κ3) is 6.51. The van der Waals surface area contributed by atoms with E-state index >= 15 is 0 Å². The molecule has 0 bridgehead atoms. The molecule has 0 saturated carbocycles. The lowest BCUT2D eigenvalue weighted by Crippen LogP contribution is -2.15. The molecule has 0 radical (unpaired) electrons. The van der Waals surface area contributed by atoms with Crippen LogP contribution in [0.3, 0.4) is 0 Å². The van der Waals surface area contributed by atoms with Crippen LogP contribution in [0.25, 0.3) is 0 Å². The number of benzene rings is 3. The van der Waals surface area contributed by atoms with E-state index in [2.05, 4.69) is 36.0 Å². The zero-order chi connectivity index (χ0) is 24.7. The smallest absolute Gasteiger partial charge is 0.262 e. The number of aryl methyl sites for hydroxylation is 1. The normalized spacial score (nSPS) is 11.2. The van der Waals surface area contributed by atoms with Crippen LogP contribution < -0.4 is 19.5 Å². The van der Waals surface area contributed by atoms with Crippen LogP contribution in [0.1, 0.15) is 37.3 Å². The fourth-order valence-electron chi connectivity index (χ4n) is 3.35. The Kier molecular flexibility index (Phi) is 8.17. The average molecular weight is 483 g/mol. The first kappa shape index (κ1) is 25.1. The average Bonchev–Trinajstić information content (AvgIpc) is 2.83. The highest BCUT2D eigenvalue weighted by Gasteiger charge is 2.17. The number of methoxy groups -OCH3 is 2. The fraction of sp³-hybridized carbons (Fsp3) is 0.269. The van der Waals surface area contributed by atoms with Crippen molar-refractivity contribution >= 4 is 27.3 Å². The van der Waals surface area contributed by atoms with E-state index < -0.39 is 10.0 Å². The number of rotatable bonds is 10. The quantitative estimate of drug-likeness (QED) is 0.414. The van der Waals surface area contributed by atoms with E-state index in [1.165, 1.54) is 31.9 Å². The maximum absolute atomic E-state index is 12.8. The largest absolute Gasteiger partial charge is 0.497 e. The fourth-order valence-corrected chi connectivity index (χ4v) is 4.42. The van der Waals surface area contributed by atoms with E-state index in [1.54, 1.807) is 30.3 Å². The number of amides is 1. The second-order valence-corrected chi connectivity index (χ2v) is 9.82. The highest BCUT2D eigenvalue weighted by Crippen LogP contribution is 2.31. The van der Waals surface area contributed by atoms with Gasteiger partial charge in [-0.2, -0.15) is 0 Å². The number of hydrogen-bond acceptors (Lipinski definition) is 5. The zero-order valence-corrected chi connectivity index (χ0v) is 20.6. The van der Waals surface area contributed by atoms with Gasteiger partial charge in [-0.1, -0.05) is 38.1 Å². The van der Waals surface area contributed by atoms with Gasteiger partial charge in [0.05, 0.1) is 24.8 Å². The topological polar surface area (TPSA) is 93.7 Å². The van der Waals surface area contributed by atoms with Gasteiger partial charge >= 0.3 is 0 Å². The molecule has 3 aromatic rings. The Bertz CT molecular complexity index is 1220. The minimum Gasteiger partial charge on any atom is -0.497 e. The summed E-state index contributed by atoms with van der Waals surface area (Å²) >= 11 is 0. The highest BCUT2D eigenvalue weighted by atomic mass is 32.2. The third-order valence-electron chi connectivity index (χ3n) is 5.39. The van der Waals surface area contributed by atoms with Gasteiger partial charge in [0.15, 0.2) is 0 Å². The molecule has 3 aromatic carbocycles. The Morgan fingerprint density at radius 1 is 0.912 bits per heavy atom. The van der Waals surface area contributed by atoms with Gasteiger partial charge in [0.1, 0.15) is 11.5 Å². The predicted molar refractivity (Wildman–Crippen MR) is 134 cm³/mol. The van der Waals surface area contributed by atoms with Crippen molar-refractivity contribution < 1.29 is 22.7 Å². The molecule has 7 nitrogen and oxygen atoms in total. The molecule has 0 spiro atoms. The minimum absolute atomic E-state index is 0.0635. The summed E-state index contributed by atoms with van der Waals surface area (Å²) in [5.41, 5.74) is 3.19. The molecular formula is C26H30N2O5S. The van der Waals surface area contributed by atoms with Crippen LogP contribution in [0.15, 0.2) is 71.6 Å². The van der Waals surface area contributed by atoms with E-state index in [4.69, 9.17) is 9.47 Å². The lowest BCUT2D eigenvalue weighted by Gasteiger charge is -2.13. The summed E-state index contributed by atoms with van der Waals surface area (Å²) in [6.07, 6.45) is 0.962. The predicted octanol–water partition coefficient (Wildman–Crippen LogP) is 5.20. The Labute approximate surface area is 201 Å². The Balaban J connectivity index is 1.60. The summed E-state index contributed by atoms with van der Waals surface area (Å²) in [4.78, 5) is 12.4. The molecule has 0 heterocycles. The molecule has 2 N–H and O–H groups in total. The minimum atomic E-state index is -3.85. The van der Waals surface area contributed by atoms with Crippen molar-refractivity contribution in [1.29, 1.82) is 0 Å². The van der Waals surface area contributed by atoms with Crippen LogP contribution in [0, 0.1) is 0 Å². The first-order valence-electron chi connectivity index (χ1n) is 11.0. The highest BCUT2D eigenvalue weighted by molar-refractivity contribution is 7.92. The molecule has 8 heteroatoms. The van der Waals surface area contributed by atoms with Crippen LogP contribution >= 0.6 is 0 Å². The molecule has 3 rings (SSSR count). The van der Waals surface area contributed by atoms with Crippen molar-refractivity contribution in [3.05, 3.63) is 77.9 Å². The molecule has 0 aliphatic heterocycles. The molecule has 0 unspecified atom stereocenters. The number of hydrogen-bond donors (Lipinski definition) is 2. The molecule has 1 amide bonds. The van der Waals surface area contributed by atoms with Gasteiger partial charge in [-0.25, -0.2) is 8.42 Å². The van der Waals surface area contributed by atoms with Gasteiger partial charge in [0.25, 0.3) is 10.0 Å². The van der Waals surface area contributed by atoms with Gasteiger partial charge in [0, 0.05) is 18.2 Å². The van der Waals surface area contributed by atoms with E-state index in [1.807, 2.05) is 12.1 Å². The standard InChI is InChI=1S/C26H30N2O5S/c1-18(2)20-8-5-19(6-9-20)7-16-26(29)27-21-10-13-23(14-11-21)34(30,31)28-24-15-12-22(32-3)17-25(24)33-4/h5-6,8-15,17-18,28H,7,16H2,1-4H3,(H,27,29). The Hall–Kier alpha value is -3.52.